The van der Waals surface area contributed by atoms with Crippen LogP contribution in [-0.2, 0) is 19.1 Å². The summed E-state index contributed by atoms with van der Waals surface area (Å²) in [7, 11) is 2.34. The standard InChI is InChI=1S/C12H13F3O4/c1-6-7(4-5-12(13,14)15)9(17)11(19-3)10(18-2)8(6)16/h4-5H2,1-3H3. The second kappa shape index (κ2) is 5.46. The predicted molar refractivity (Wildman–Crippen MR) is 59.0 cm³/mol. The predicted octanol–water partition coefficient (Wildman–Crippen LogP) is 2.30. The number of ketones is 2. The molecule has 0 aromatic rings. The van der Waals surface area contributed by atoms with Crippen molar-refractivity contribution in [2.45, 2.75) is 25.9 Å². The van der Waals surface area contributed by atoms with Gasteiger partial charge in [0, 0.05) is 17.6 Å². The average molecular weight is 278 g/mol. The van der Waals surface area contributed by atoms with E-state index in [1.807, 2.05) is 0 Å². The maximum absolute atomic E-state index is 12.2. The third-order valence-electron chi connectivity index (χ3n) is 2.75. The van der Waals surface area contributed by atoms with E-state index in [4.69, 9.17) is 9.47 Å². The maximum Gasteiger partial charge on any atom is 0.389 e. The smallest absolute Gasteiger partial charge is 0.389 e. The van der Waals surface area contributed by atoms with Gasteiger partial charge >= 0.3 is 6.18 Å². The van der Waals surface area contributed by atoms with Gasteiger partial charge in [-0.3, -0.25) is 9.59 Å². The largest absolute Gasteiger partial charge is 0.489 e. The molecule has 0 spiro atoms. The average Bonchev–Trinajstić information content (AvgIpc) is 2.31. The highest BCUT2D eigenvalue weighted by molar-refractivity contribution is 6.23. The molecule has 1 aliphatic rings. The minimum absolute atomic E-state index is 0.0353. The fourth-order valence-electron chi connectivity index (χ4n) is 1.76. The fourth-order valence-corrected chi connectivity index (χ4v) is 1.76. The van der Waals surface area contributed by atoms with Gasteiger partial charge in [-0.2, -0.15) is 13.2 Å². The number of rotatable bonds is 4. The molecular weight excluding hydrogens is 265 g/mol. The summed E-state index contributed by atoms with van der Waals surface area (Å²) in [6, 6.07) is 0. The molecular formula is C12H13F3O4. The summed E-state index contributed by atoms with van der Waals surface area (Å²) in [5.74, 6) is -1.99. The fraction of sp³-hybridized carbons (Fsp3) is 0.500. The summed E-state index contributed by atoms with van der Waals surface area (Å²) in [5, 5.41) is 0. The number of carbonyl (C=O) groups is 2. The van der Waals surface area contributed by atoms with Gasteiger partial charge in [-0.05, 0) is 13.3 Å². The molecule has 7 heteroatoms. The van der Waals surface area contributed by atoms with E-state index in [2.05, 4.69) is 0 Å². The highest BCUT2D eigenvalue weighted by Crippen LogP contribution is 2.31. The number of Topliss-reactive ketones (excluding diaryl/α,β-unsaturated/α-hetero) is 2. The number of allylic oxidation sites excluding steroid dienone is 2. The Morgan fingerprint density at radius 3 is 1.89 bits per heavy atom. The first-order chi connectivity index (χ1) is 8.72. The number of alkyl halides is 3. The van der Waals surface area contributed by atoms with Gasteiger partial charge in [0.25, 0.3) is 0 Å². The number of carbonyl (C=O) groups excluding carboxylic acids is 2. The molecule has 1 rings (SSSR count). The molecule has 0 heterocycles. The molecule has 0 aliphatic heterocycles. The van der Waals surface area contributed by atoms with Crippen molar-refractivity contribution in [3.63, 3.8) is 0 Å². The van der Waals surface area contributed by atoms with Crippen LogP contribution in [-0.4, -0.2) is 32.0 Å². The molecule has 0 saturated heterocycles. The number of hydrogen-bond acceptors (Lipinski definition) is 4. The minimum Gasteiger partial charge on any atom is -0.489 e. The van der Waals surface area contributed by atoms with Gasteiger partial charge < -0.3 is 9.47 Å². The third kappa shape index (κ3) is 3.15. The Hall–Kier alpha value is -1.79. The van der Waals surface area contributed by atoms with Gasteiger partial charge in [0.15, 0.2) is 0 Å². The molecule has 4 nitrogen and oxygen atoms in total. The quantitative estimate of drug-likeness (QED) is 0.740. The molecule has 0 aromatic carbocycles. The van der Waals surface area contributed by atoms with Crippen LogP contribution in [0.5, 0.6) is 0 Å². The Balaban J connectivity index is 3.10. The van der Waals surface area contributed by atoms with Crippen molar-refractivity contribution in [1.82, 2.24) is 0 Å². The first kappa shape index (κ1) is 15.3. The zero-order valence-corrected chi connectivity index (χ0v) is 10.7. The highest BCUT2D eigenvalue weighted by atomic mass is 19.4. The first-order valence-electron chi connectivity index (χ1n) is 5.41. The van der Waals surface area contributed by atoms with Gasteiger partial charge in [-0.15, -0.1) is 0 Å². The van der Waals surface area contributed by atoms with Crippen molar-refractivity contribution in [3.8, 4) is 0 Å². The number of ether oxygens (including phenoxy) is 2. The molecule has 0 amide bonds. The third-order valence-corrected chi connectivity index (χ3v) is 2.75. The summed E-state index contributed by atoms with van der Waals surface area (Å²) in [5.41, 5.74) is -0.216. The molecule has 0 radical (unpaired) electrons. The molecule has 0 aromatic heterocycles. The van der Waals surface area contributed by atoms with Crippen molar-refractivity contribution in [2.75, 3.05) is 14.2 Å². The van der Waals surface area contributed by atoms with Gasteiger partial charge in [-0.1, -0.05) is 0 Å². The lowest BCUT2D eigenvalue weighted by atomic mass is 9.90. The van der Waals surface area contributed by atoms with Gasteiger partial charge in [0.05, 0.1) is 14.2 Å². The van der Waals surface area contributed by atoms with Crippen molar-refractivity contribution in [1.29, 1.82) is 0 Å². The Labute approximate surface area is 107 Å². The summed E-state index contributed by atoms with van der Waals surface area (Å²) in [4.78, 5) is 23.8. The molecule has 19 heavy (non-hydrogen) atoms. The van der Waals surface area contributed by atoms with Crippen LogP contribution < -0.4 is 0 Å². The number of methoxy groups -OCH3 is 2. The van der Waals surface area contributed by atoms with E-state index in [9.17, 15) is 22.8 Å². The second-order valence-corrected chi connectivity index (χ2v) is 3.94. The molecule has 0 N–H and O–H groups in total. The van der Waals surface area contributed by atoms with Crippen molar-refractivity contribution in [2.24, 2.45) is 0 Å². The van der Waals surface area contributed by atoms with Crippen LogP contribution >= 0.6 is 0 Å². The first-order valence-corrected chi connectivity index (χ1v) is 5.41. The normalized spacial score (nSPS) is 17.2. The van der Waals surface area contributed by atoms with Crippen LogP contribution in [0, 0.1) is 0 Å². The summed E-state index contributed by atoms with van der Waals surface area (Å²) in [6.07, 6.45) is -6.11. The van der Waals surface area contributed by atoms with Crippen LogP contribution in [0.25, 0.3) is 0 Å². The Morgan fingerprint density at radius 2 is 1.47 bits per heavy atom. The van der Waals surface area contributed by atoms with E-state index in [1.165, 1.54) is 14.0 Å². The second-order valence-electron chi connectivity index (χ2n) is 3.94. The molecule has 0 saturated carbocycles. The monoisotopic (exact) mass is 278 g/mol. The van der Waals surface area contributed by atoms with Crippen molar-refractivity contribution >= 4 is 11.6 Å². The molecule has 0 unspecified atom stereocenters. The molecule has 0 bridgehead atoms. The van der Waals surface area contributed by atoms with Gasteiger partial charge in [0.2, 0.25) is 23.1 Å². The lowest BCUT2D eigenvalue weighted by Crippen LogP contribution is -2.25. The highest BCUT2D eigenvalue weighted by Gasteiger charge is 2.36. The number of hydrogen-bond donors (Lipinski definition) is 0. The number of halogens is 3. The van der Waals surface area contributed by atoms with E-state index in [0.717, 1.165) is 7.11 Å². The summed E-state index contributed by atoms with van der Waals surface area (Å²) >= 11 is 0. The van der Waals surface area contributed by atoms with Crippen LogP contribution in [0.1, 0.15) is 19.8 Å². The maximum atomic E-state index is 12.2. The van der Waals surface area contributed by atoms with Crippen LogP contribution in [0.15, 0.2) is 22.7 Å². The van der Waals surface area contributed by atoms with Gasteiger partial charge in [0.1, 0.15) is 0 Å². The van der Waals surface area contributed by atoms with E-state index in [1.54, 1.807) is 0 Å². The van der Waals surface area contributed by atoms with E-state index >= 15 is 0 Å². The van der Waals surface area contributed by atoms with E-state index < -0.39 is 30.6 Å². The van der Waals surface area contributed by atoms with E-state index in [-0.39, 0.29) is 22.7 Å². The minimum atomic E-state index is -4.39. The molecule has 0 atom stereocenters. The summed E-state index contributed by atoms with van der Waals surface area (Å²) < 4.78 is 46.1. The zero-order chi connectivity index (χ0) is 14.8. The summed E-state index contributed by atoms with van der Waals surface area (Å²) in [6.45, 7) is 1.30. The lowest BCUT2D eigenvalue weighted by molar-refractivity contribution is -0.135. The van der Waals surface area contributed by atoms with Gasteiger partial charge in [-0.25, -0.2) is 0 Å². The molecule has 106 valence electrons. The molecule has 1 aliphatic carbocycles. The van der Waals surface area contributed by atoms with Crippen LogP contribution in [0.3, 0.4) is 0 Å². The Morgan fingerprint density at radius 1 is 1.00 bits per heavy atom. The SMILES string of the molecule is COC1=C(OC)C(=O)C(CCC(F)(F)F)=C(C)C1=O. The zero-order valence-electron chi connectivity index (χ0n) is 10.7. The van der Waals surface area contributed by atoms with Crippen LogP contribution in [0.4, 0.5) is 13.2 Å². The van der Waals surface area contributed by atoms with Crippen molar-refractivity contribution < 1.29 is 32.2 Å². The Kier molecular flexibility index (Phi) is 4.39. The van der Waals surface area contributed by atoms with Crippen LogP contribution in [0.2, 0.25) is 0 Å². The Bertz CT molecular complexity index is 472. The topological polar surface area (TPSA) is 52.6 Å². The lowest BCUT2D eigenvalue weighted by Gasteiger charge is -2.20. The molecule has 0 fully saturated rings. The van der Waals surface area contributed by atoms with Crippen molar-refractivity contribution in [3.05, 3.63) is 22.7 Å². The van der Waals surface area contributed by atoms with E-state index in [0.29, 0.717) is 0 Å².